The molecule has 0 unspecified atom stereocenters. The third kappa shape index (κ3) is 5.40. The van der Waals surface area contributed by atoms with Crippen molar-refractivity contribution in [1.29, 1.82) is 0 Å². The van der Waals surface area contributed by atoms with Crippen LogP contribution in [0.3, 0.4) is 0 Å². The smallest absolute Gasteiger partial charge is 0.399 e. The van der Waals surface area contributed by atoms with E-state index in [4.69, 9.17) is 14.1 Å². The van der Waals surface area contributed by atoms with Crippen molar-refractivity contribution in [2.45, 2.75) is 58.7 Å². The van der Waals surface area contributed by atoms with Crippen LogP contribution in [0.25, 0.3) is 11.0 Å². The molecular formula is C24H36BN3O3. The standard InChI is InChI=1S/C24H36BN3O3/c1-8-21(20-17-26-28(18-20)29-16-12-15-27(6)7)22(19-13-10-9-11-14-19)25-30-23(2,3)24(4,5)31-25/h9-11,13-14,17-18H,8,12,15-16H2,1-7H3/b22-21-. The van der Waals surface area contributed by atoms with Crippen LogP contribution in [0, 0.1) is 0 Å². The lowest BCUT2D eigenvalue weighted by atomic mass is 9.70. The average molecular weight is 425 g/mol. The molecule has 168 valence electrons. The van der Waals surface area contributed by atoms with Crippen molar-refractivity contribution in [2.75, 3.05) is 27.2 Å². The zero-order valence-corrected chi connectivity index (χ0v) is 20.0. The molecule has 0 aliphatic carbocycles. The SMILES string of the molecule is CC/C(=C(/B1OC(C)(C)C(C)(C)O1)c1ccccc1)c1cnn(OCCCN(C)C)c1. The Morgan fingerprint density at radius 1 is 1.06 bits per heavy atom. The number of aromatic nitrogens is 2. The van der Waals surface area contributed by atoms with Crippen LogP contribution in [-0.4, -0.2) is 60.4 Å². The average Bonchev–Trinajstić information content (AvgIpc) is 3.25. The summed E-state index contributed by atoms with van der Waals surface area (Å²) in [6, 6.07) is 10.3. The first-order chi connectivity index (χ1) is 14.6. The Kier molecular flexibility index (Phi) is 7.29. The molecule has 1 saturated heterocycles. The van der Waals surface area contributed by atoms with Gasteiger partial charge in [-0.25, -0.2) is 0 Å². The number of hydrogen-bond acceptors (Lipinski definition) is 5. The molecule has 1 aromatic carbocycles. The van der Waals surface area contributed by atoms with Crippen molar-refractivity contribution in [2.24, 2.45) is 0 Å². The molecule has 0 radical (unpaired) electrons. The van der Waals surface area contributed by atoms with Gasteiger partial charge < -0.3 is 19.0 Å². The monoisotopic (exact) mass is 425 g/mol. The van der Waals surface area contributed by atoms with Crippen molar-refractivity contribution in [1.82, 2.24) is 14.8 Å². The molecule has 0 bridgehead atoms. The van der Waals surface area contributed by atoms with Gasteiger partial charge in [0.2, 0.25) is 0 Å². The Balaban J connectivity index is 1.94. The second-order valence-electron chi connectivity index (χ2n) is 9.32. The van der Waals surface area contributed by atoms with Crippen LogP contribution in [0.15, 0.2) is 42.7 Å². The van der Waals surface area contributed by atoms with E-state index in [9.17, 15) is 0 Å². The lowest BCUT2D eigenvalue weighted by Gasteiger charge is -2.32. The predicted octanol–water partition coefficient (Wildman–Crippen LogP) is 4.22. The first-order valence-electron chi connectivity index (χ1n) is 11.1. The summed E-state index contributed by atoms with van der Waals surface area (Å²) in [7, 11) is 3.67. The van der Waals surface area contributed by atoms with E-state index < -0.39 is 18.3 Å². The van der Waals surface area contributed by atoms with Gasteiger partial charge in [-0.15, -0.1) is 9.94 Å². The molecule has 0 N–H and O–H groups in total. The van der Waals surface area contributed by atoms with E-state index >= 15 is 0 Å². The fourth-order valence-corrected chi connectivity index (χ4v) is 3.65. The minimum absolute atomic E-state index is 0.406. The maximum atomic E-state index is 6.45. The molecule has 6 nitrogen and oxygen atoms in total. The topological polar surface area (TPSA) is 48.8 Å². The Hall–Kier alpha value is -2.09. The molecule has 0 spiro atoms. The number of allylic oxidation sites excluding steroid dienone is 1. The van der Waals surface area contributed by atoms with Gasteiger partial charge in [0.15, 0.2) is 0 Å². The van der Waals surface area contributed by atoms with Crippen molar-refractivity contribution in [3.05, 3.63) is 53.9 Å². The highest BCUT2D eigenvalue weighted by molar-refractivity contribution is 6.71. The summed E-state index contributed by atoms with van der Waals surface area (Å²) in [4.78, 5) is 9.51. The van der Waals surface area contributed by atoms with E-state index in [0.717, 1.165) is 41.6 Å². The van der Waals surface area contributed by atoms with Crippen LogP contribution < -0.4 is 4.84 Å². The lowest BCUT2D eigenvalue weighted by molar-refractivity contribution is 0.00578. The van der Waals surface area contributed by atoms with Crippen LogP contribution in [0.2, 0.25) is 0 Å². The summed E-state index contributed by atoms with van der Waals surface area (Å²) in [6.07, 6.45) is 5.57. The van der Waals surface area contributed by atoms with Crippen LogP contribution in [0.1, 0.15) is 58.6 Å². The molecule has 7 heteroatoms. The third-order valence-corrected chi connectivity index (χ3v) is 6.13. The van der Waals surface area contributed by atoms with E-state index in [1.54, 1.807) is 4.85 Å². The van der Waals surface area contributed by atoms with Gasteiger partial charge in [0.1, 0.15) is 6.61 Å². The highest BCUT2D eigenvalue weighted by Crippen LogP contribution is 2.43. The third-order valence-electron chi connectivity index (χ3n) is 6.13. The van der Waals surface area contributed by atoms with E-state index in [0.29, 0.717) is 6.61 Å². The minimum Gasteiger partial charge on any atom is -0.399 e. The van der Waals surface area contributed by atoms with Crippen LogP contribution in [0.4, 0.5) is 0 Å². The van der Waals surface area contributed by atoms with Gasteiger partial charge in [0.05, 0.1) is 23.6 Å². The number of nitrogens with zero attached hydrogens (tertiary/aromatic N) is 3. The predicted molar refractivity (Wildman–Crippen MR) is 126 cm³/mol. The Bertz CT molecular complexity index is 874. The summed E-state index contributed by atoms with van der Waals surface area (Å²) in [5.41, 5.74) is 3.50. The molecule has 0 amide bonds. The molecule has 3 rings (SSSR count). The highest BCUT2D eigenvalue weighted by Gasteiger charge is 2.53. The van der Waals surface area contributed by atoms with Crippen molar-refractivity contribution >= 4 is 18.2 Å². The van der Waals surface area contributed by atoms with Crippen molar-refractivity contribution < 1.29 is 14.1 Å². The molecule has 2 aromatic rings. The summed E-state index contributed by atoms with van der Waals surface area (Å²) in [6.45, 7) is 12.1. The van der Waals surface area contributed by atoms with Gasteiger partial charge in [0.25, 0.3) is 0 Å². The van der Waals surface area contributed by atoms with Crippen LogP contribution >= 0.6 is 0 Å². The second kappa shape index (κ2) is 9.59. The fourth-order valence-electron chi connectivity index (χ4n) is 3.65. The summed E-state index contributed by atoms with van der Waals surface area (Å²) >= 11 is 0. The highest BCUT2D eigenvalue weighted by atomic mass is 16.7. The molecule has 1 aliphatic rings. The quantitative estimate of drug-likeness (QED) is 0.445. The zero-order chi connectivity index (χ0) is 22.6. The molecule has 1 fully saturated rings. The molecule has 1 aliphatic heterocycles. The number of benzene rings is 1. The molecule has 31 heavy (non-hydrogen) atoms. The normalized spacial score (nSPS) is 18.4. The molecule has 1 aromatic heterocycles. The Morgan fingerprint density at radius 3 is 2.29 bits per heavy atom. The molecule has 0 saturated carbocycles. The van der Waals surface area contributed by atoms with Crippen molar-refractivity contribution in [3.8, 4) is 0 Å². The first-order valence-corrected chi connectivity index (χ1v) is 11.1. The molecular weight excluding hydrogens is 389 g/mol. The zero-order valence-electron chi connectivity index (χ0n) is 20.0. The van der Waals surface area contributed by atoms with E-state index in [1.165, 1.54) is 0 Å². The van der Waals surface area contributed by atoms with E-state index in [-0.39, 0.29) is 0 Å². The van der Waals surface area contributed by atoms with Crippen LogP contribution in [0.5, 0.6) is 0 Å². The fraction of sp³-hybridized carbons (Fsp3) is 0.542. The lowest BCUT2D eigenvalue weighted by Crippen LogP contribution is -2.41. The van der Waals surface area contributed by atoms with Gasteiger partial charge >= 0.3 is 7.12 Å². The van der Waals surface area contributed by atoms with Gasteiger partial charge in [-0.3, -0.25) is 0 Å². The van der Waals surface area contributed by atoms with Gasteiger partial charge in [0, 0.05) is 12.1 Å². The summed E-state index contributed by atoms with van der Waals surface area (Å²) < 4.78 is 12.9. The summed E-state index contributed by atoms with van der Waals surface area (Å²) in [5.74, 6) is 0. The van der Waals surface area contributed by atoms with Crippen molar-refractivity contribution in [3.63, 3.8) is 0 Å². The van der Waals surface area contributed by atoms with E-state index in [1.807, 2.05) is 30.6 Å². The summed E-state index contributed by atoms with van der Waals surface area (Å²) in [5, 5.41) is 4.43. The van der Waals surface area contributed by atoms with E-state index in [2.05, 4.69) is 70.8 Å². The van der Waals surface area contributed by atoms with Crippen LogP contribution in [-0.2, 0) is 9.31 Å². The Morgan fingerprint density at radius 2 is 1.71 bits per heavy atom. The minimum atomic E-state index is -0.452. The maximum Gasteiger partial charge on any atom is 0.495 e. The van der Waals surface area contributed by atoms with Gasteiger partial charge in [-0.05, 0) is 71.2 Å². The number of hydrogen-bond donors (Lipinski definition) is 0. The second-order valence-corrected chi connectivity index (χ2v) is 9.32. The van der Waals surface area contributed by atoms with Gasteiger partial charge in [-0.1, -0.05) is 37.3 Å². The van der Waals surface area contributed by atoms with Gasteiger partial charge in [-0.2, -0.15) is 0 Å². The molecule has 2 heterocycles. The Labute approximate surface area is 187 Å². The molecule has 0 atom stereocenters. The maximum absolute atomic E-state index is 6.45. The largest absolute Gasteiger partial charge is 0.495 e. The first kappa shape index (κ1) is 23.6. The number of rotatable bonds is 9.